The summed E-state index contributed by atoms with van der Waals surface area (Å²) in [7, 11) is 0. The number of hydrogen-bond acceptors (Lipinski definition) is 3. The normalized spacial score (nSPS) is 18.7. The van der Waals surface area contributed by atoms with Gasteiger partial charge in [0, 0.05) is 50.3 Å². The molecule has 0 saturated heterocycles. The zero-order valence-corrected chi connectivity index (χ0v) is 29.6. The number of rotatable bonds is 6. The second-order valence-corrected chi connectivity index (χ2v) is 14.3. The first-order chi connectivity index (χ1) is 26.2. The van der Waals surface area contributed by atoms with Gasteiger partial charge in [-0.05, 0) is 84.6 Å². The SMILES string of the molecule is CC12C=CC=CC1N(c1ccc(N(c3ccccc3)c3ccccc3)cc1)C1=C2c2oc3ccccc3c2CC=C1c1ccc(-c2ccccc2)cc1. The fourth-order valence-electron chi connectivity index (χ4n) is 8.63. The minimum atomic E-state index is -0.334. The Balaban J connectivity index is 1.16. The van der Waals surface area contributed by atoms with E-state index in [1.165, 1.54) is 44.5 Å². The number of hydrogen-bond donors (Lipinski definition) is 0. The molecule has 0 amide bonds. The van der Waals surface area contributed by atoms with E-state index in [4.69, 9.17) is 4.42 Å². The molecule has 0 saturated carbocycles. The van der Waals surface area contributed by atoms with Gasteiger partial charge in [-0.2, -0.15) is 0 Å². The highest BCUT2D eigenvalue weighted by Gasteiger charge is 2.52. The van der Waals surface area contributed by atoms with Crippen LogP contribution in [-0.4, -0.2) is 6.04 Å². The molecule has 0 bridgehead atoms. The van der Waals surface area contributed by atoms with Crippen LogP contribution in [0.25, 0.3) is 33.2 Å². The monoisotopic (exact) mass is 682 g/mol. The Morgan fingerprint density at radius 2 is 1.19 bits per heavy atom. The van der Waals surface area contributed by atoms with E-state index in [1.54, 1.807) is 0 Å². The van der Waals surface area contributed by atoms with Crippen molar-refractivity contribution in [3.05, 3.63) is 217 Å². The van der Waals surface area contributed by atoms with Gasteiger partial charge in [0.2, 0.25) is 0 Å². The van der Waals surface area contributed by atoms with E-state index in [-0.39, 0.29) is 11.5 Å². The topological polar surface area (TPSA) is 19.6 Å². The molecule has 1 aliphatic heterocycles. The van der Waals surface area contributed by atoms with Crippen LogP contribution in [0.15, 0.2) is 204 Å². The van der Waals surface area contributed by atoms with E-state index < -0.39 is 0 Å². The van der Waals surface area contributed by atoms with E-state index in [9.17, 15) is 0 Å². The number of nitrogens with zero attached hydrogens (tertiary/aromatic N) is 2. The summed E-state index contributed by atoms with van der Waals surface area (Å²) < 4.78 is 6.91. The maximum atomic E-state index is 6.91. The second kappa shape index (κ2) is 12.6. The van der Waals surface area contributed by atoms with Crippen molar-refractivity contribution in [3.63, 3.8) is 0 Å². The van der Waals surface area contributed by atoms with E-state index in [2.05, 4.69) is 211 Å². The molecule has 3 heteroatoms. The molecule has 2 heterocycles. The van der Waals surface area contributed by atoms with Crippen LogP contribution in [-0.2, 0) is 6.42 Å². The van der Waals surface area contributed by atoms with Gasteiger partial charge in [-0.1, -0.05) is 140 Å². The van der Waals surface area contributed by atoms with Crippen LogP contribution in [0.4, 0.5) is 22.7 Å². The minimum Gasteiger partial charge on any atom is -0.456 e. The van der Waals surface area contributed by atoms with Crippen molar-refractivity contribution in [1.29, 1.82) is 0 Å². The molecule has 3 nitrogen and oxygen atoms in total. The van der Waals surface area contributed by atoms with Crippen LogP contribution in [0.1, 0.15) is 23.8 Å². The molecule has 2 atom stereocenters. The summed E-state index contributed by atoms with van der Waals surface area (Å²) in [5, 5.41) is 1.19. The molecule has 2 unspecified atom stereocenters. The van der Waals surface area contributed by atoms with Crippen molar-refractivity contribution in [1.82, 2.24) is 0 Å². The Kier molecular flexibility index (Phi) is 7.40. The molecule has 6 aromatic carbocycles. The number of benzene rings is 6. The number of anilines is 4. The summed E-state index contributed by atoms with van der Waals surface area (Å²) in [6.07, 6.45) is 12.4. The summed E-state index contributed by atoms with van der Waals surface area (Å²) in [6.45, 7) is 2.38. The van der Waals surface area contributed by atoms with Crippen molar-refractivity contribution in [2.24, 2.45) is 5.41 Å². The van der Waals surface area contributed by atoms with E-state index in [0.29, 0.717) is 0 Å². The average Bonchev–Trinajstić information content (AvgIpc) is 3.65. The maximum Gasteiger partial charge on any atom is 0.137 e. The standard InChI is InChI=1S/C50H38N2O/c1-50-34-14-13-23-46(50)52(41-30-28-40(29-31-41)51(38-17-7-3-8-18-38)39-19-9-4-10-20-39)48-42(37-26-24-36(25-27-37)35-15-5-2-6-16-35)32-33-44-43-21-11-12-22-45(43)53-49(44)47(48)50/h2-32,34,46H,33H2,1H3. The summed E-state index contributed by atoms with van der Waals surface area (Å²) in [5.74, 6) is 0.999. The lowest BCUT2D eigenvalue weighted by Gasteiger charge is -2.37. The van der Waals surface area contributed by atoms with Crippen LogP contribution in [0.5, 0.6) is 0 Å². The quantitative estimate of drug-likeness (QED) is 0.174. The molecule has 1 aromatic heterocycles. The molecule has 0 radical (unpaired) electrons. The lowest BCUT2D eigenvalue weighted by molar-refractivity contribution is 0.495. The summed E-state index contributed by atoms with van der Waals surface area (Å²) in [5.41, 5.74) is 13.6. The Labute approximate surface area is 310 Å². The molecular formula is C50H38N2O. The first-order valence-corrected chi connectivity index (χ1v) is 18.4. The number of allylic oxidation sites excluding steroid dienone is 4. The van der Waals surface area contributed by atoms with Crippen molar-refractivity contribution in [2.45, 2.75) is 19.4 Å². The van der Waals surface area contributed by atoms with Crippen molar-refractivity contribution < 1.29 is 4.42 Å². The Hall–Kier alpha value is -6.58. The van der Waals surface area contributed by atoms with Gasteiger partial charge in [0.05, 0.1) is 11.7 Å². The first kappa shape index (κ1) is 31.2. The zero-order valence-electron chi connectivity index (χ0n) is 29.6. The molecule has 10 rings (SSSR count). The lowest BCUT2D eigenvalue weighted by Crippen LogP contribution is -2.39. The van der Waals surface area contributed by atoms with Gasteiger partial charge in [0.15, 0.2) is 0 Å². The average molecular weight is 683 g/mol. The maximum absolute atomic E-state index is 6.91. The van der Waals surface area contributed by atoms with Crippen LogP contribution in [0, 0.1) is 5.41 Å². The summed E-state index contributed by atoms with van der Waals surface area (Å²) >= 11 is 0. The van der Waals surface area contributed by atoms with E-state index in [0.717, 1.165) is 40.5 Å². The van der Waals surface area contributed by atoms with Crippen LogP contribution < -0.4 is 9.80 Å². The van der Waals surface area contributed by atoms with Crippen molar-refractivity contribution in [3.8, 4) is 11.1 Å². The number of furan rings is 1. The van der Waals surface area contributed by atoms with Gasteiger partial charge < -0.3 is 14.2 Å². The number of fused-ring (bicyclic) bond motifs is 6. The predicted octanol–water partition coefficient (Wildman–Crippen LogP) is 12.9. The first-order valence-electron chi connectivity index (χ1n) is 18.4. The Morgan fingerprint density at radius 3 is 1.89 bits per heavy atom. The van der Waals surface area contributed by atoms with Crippen LogP contribution in [0.3, 0.4) is 0 Å². The zero-order chi connectivity index (χ0) is 35.4. The van der Waals surface area contributed by atoms with Crippen LogP contribution >= 0.6 is 0 Å². The smallest absolute Gasteiger partial charge is 0.137 e. The molecule has 0 fully saturated rings. The van der Waals surface area contributed by atoms with Gasteiger partial charge in [-0.3, -0.25) is 0 Å². The molecule has 0 spiro atoms. The third-order valence-corrected chi connectivity index (χ3v) is 11.2. The Morgan fingerprint density at radius 1 is 0.604 bits per heavy atom. The third kappa shape index (κ3) is 5.11. The molecule has 254 valence electrons. The second-order valence-electron chi connectivity index (χ2n) is 14.3. The van der Waals surface area contributed by atoms with Gasteiger partial charge in [0.1, 0.15) is 11.3 Å². The van der Waals surface area contributed by atoms with Gasteiger partial charge in [0.25, 0.3) is 0 Å². The van der Waals surface area contributed by atoms with Crippen molar-refractivity contribution >= 4 is 44.9 Å². The molecule has 7 aromatic rings. The van der Waals surface area contributed by atoms with Gasteiger partial charge >= 0.3 is 0 Å². The molecule has 2 aliphatic carbocycles. The van der Waals surface area contributed by atoms with Gasteiger partial charge in [-0.15, -0.1) is 0 Å². The minimum absolute atomic E-state index is 0.0499. The highest BCUT2D eigenvalue weighted by Crippen LogP contribution is 2.59. The summed E-state index contributed by atoms with van der Waals surface area (Å²) in [6, 6.07) is 58.5. The van der Waals surface area contributed by atoms with E-state index in [1.807, 2.05) is 0 Å². The number of para-hydroxylation sites is 3. The highest BCUT2D eigenvalue weighted by atomic mass is 16.3. The largest absolute Gasteiger partial charge is 0.456 e. The fourth-order valence-corrected chi connectivity index (χ4v) is 8.63. The third-order valence-electron chi connectivity index (χ3n) is 11.2. The van der Waals surface area contributed by atoms with Crippen molar-refractivity contribution in [2.75, 3.05) is 9.80 Å². The fraction of sp³-hybridized carbons (Fsp3) is 0.0800. The van der Waals surface area contributed by atoms with Crippen LogP contribution in [0.2, 0.25) is 0 Å². The highest BCUT2D eigenvalue weighted by molar-refractivity contribution is 6.02. The molecule has 3 aliphatic rings. The molecule has 0 N–H and O–H groups in total. The van der Waals surface area contributed by atoms with Gasteiger partial charge in [-0.25, -0.2) is 0 Å². The lowest BCUT2D eigenvalue weighted by atomic mass is 9.73. The molecular weight excluding hydrogens is 645 g/mol. The Bertz CT molecular complexity index is 2540. The molecule has 53 heavy (non-hydrogen) atoms. The van der Waals surface area contributed by atoms with E-state index >= 15 is 0 Å². The predicted molar refractivity (Wildman–Crippen MR) is 220 cm³/mol. The summed E-state index contributed by atoms with van der Waals surface area (Å²) in [4.78, 5) is 4.88.